The van der Waals surface area contributed by atoms with Crippen LogP contribution in [0.4, 0.5) is 0 Å². The zero-order valence-corrected chi connectivity index (χ0v) is 14.9. The molecular weight excluding hydrogens is 362 g/mol. The van der Waals surface area contributed by atoms with Crippen LogP contribution in [0, 0.1) is 0 Å². The maximum Gasteiger partial charge on any atom is 0.330 e. The molecule has 0 heterocycles. The number of amides is 1. The van der Waals surface area contributed by atoms with E-state index in [0.717, 1.165) is 34.4 Å². The van der Waals surface area contributed by atoms with Crippen LogP contribution in [0.3, 0.4) is 0 Å². The molecule has 7 nitrogen and oxygen atoms in total. The molecule has 0 saturated carbocycles. The fourth-order valence-corrected chi connectivity index (χ4v) is 3.20. The van der Waals surface area contributed by atoms with Crippen LogP contribution in [-0.2, 0) is 19.1 Å². The Morgan fingerprint density at radius 1 is 1.00 bits per heavy atom. The van der Waals surface area contributed by atoms with Crippen molar-refractivity contribution in [2.75, 3.05) is 13.2 Å². The van der Waals surface area contributed by atoms with Gasteiger partial charge in [0.15, 0.2) is 6.04 Å². The minimum absolute atomic E-state index is 0.0932. The normalized spacial score (nSPS) is 13.6. The Morgan fingerprint density at radius 3 is 2.11 bits per heavy atom. The lowest BCUT2D eigenvalue weighted by molar-refractivity contribution is -0.142. The zero-order valence-electron chi connectivity index (χ0n) is 14.9. The molecule has 0 aromatic heterocycles. The average Bonchev–Trinajstić information content (AvgIpc) is 3.02. The molecule has 0 saturated heterocycles. The van der Waals surface area contributed by atoms with E-state index in [1.807, 2.05) is 48.5 Å². The first-order valence-electron chi connectivity index (χ1n) is 8.68. The van der Waals surface area contributed by atoms with Crippen molar-refractivity contribution in [2.24, 2.45) is 0 Å². The second-order valence-electron chi connectivity index (χ2n) is 6.27. The highest BCUT2D eigenvalue weighted by molar-refractivity contribution is 5.96. The minimum atomic E-state index is -1.43. The van der Waals surface area contributed by atoms with Gasteiger partial charge in [-0.1, -0.05) is 48.5 Å². The number of fused-ring (bicyclic) bond motifs is 3. The van der Waals surface area contributed by atoms with Gasteiger partial charge in [-0.2, -0.15) is 0 Å². The second kappa shape index (κ2) is 8.49. The van der Waals surface area contributed by atoms with Gasteiger partial charge in [-0.05, 0) is 22.3 Å². The number of aliphatic carboxylic acids is 1. The van der Waals surface area contributed by atoms with Crippen LogP contribution in [0.5, 0.6) is 0 Å². The highest BCUT2D eigenvalue weighted by Gasteiger charge is 2.28. The Kier molecular flexibility index (Phi) is 5.86. The van der Waals surface area contributed by atoms with Gasteiger partial charge >= 0.3 is 11.9 Å². The molecule has 0 unspecified atom stereocenters. The maximum atomic E-state index is 12.0. The average molecular weight is 381 g/mol. The molecule has 1 aliphatic carbocycles. The molecule has 2 aromatic rings. The Balaban J connectivity index is 1.62. The predicted octanol–water partition coefficient (Wildman–Crippen LogP) is 1.46. The van der Waals surface area contributed by atoms with Crippen molar-refractivity contribution in [1.82, 2.24) is 5.32 Å². The molecule has 28 heavy (non-hydrogen) atoms. The SMILES string of the molecule is O=C(C=CC(=O)OCC1c2ccccc2-c2ccccc21)N[C@@H](CO)C(=O)O. The van der Waals surface area contributed by atoms with Crippen LogP contribution in [0.15, 0.2) is 60.7 Å². The summed E-state index contributed by atoms with van der Waals surface area (Å²) in [5.41, 5.74) is 4.37. The summed E-state index contributed by atoms with van der Waals surface area (Å²) < 4.78 is 5.30. The Labute approximate surface area is 161 Å². The van der Waals surface area contributed by atoms with Crippen LogP contribution >= 0.6 is 0 Å². The summed E-state index contributed by atoms with van der Waals surface area (Å²) in [4.78, 5) is 34.4. The monoisotopic (exact) mass is 381 g/mol. The molecule has 3 N–H and O–H groups in total. The number of carbonyl (C=O) groups is 3. The van der Waals surface area contributed by atoms with E-state index in [4.69, 9.17) is 14.9 Å². The van der Waals surface area contributed by atoms with Gasteiger partial charge in [-0.15, -0.1) is 0 Å². The van der Waals surface area contributed by atoms with Gasteiger partial charge < -0.3 is 20.3 Å². The lowest BCUT2D eigenvalue weighted by Gasteiger charge is -2.13. The highest BCUT2D eigenvalue weighted by atomic mass is 16.5. The first-order valence-corrected chi connectivity index (χ1v) is 8.68. The fourth-order valence-electron chi connectivity index (χ4n) is 3.20. The van der Waals surface area contributed by atoms with E-state index < -0.39 is 30.5 Å². The lowest BCUT2D eigenvalue weighted by atomic mass is 9.98. The van der Waals surface area contributed by atoms with Gasteiger partial charge in [0.1, 0.15) is 6.61 Å². The Hall–Kier alpha value is -3.45. The predicted molar refractivity (Wildman–Crippen MR) is 100 cm³/mol. The van der Waals surface area contributed by atoms with Crippen LogP contribution in [-0.4, -0.2) is 47.3 Å². The van der Waals surface area contributed by atoms with E-state index in [2.05, 4.69) is 5.32 Å². The number of esters is 1. The van der Waals surface area contributed by atoms with Crippen LogP contribution in [0.25, 0.3) is 11.1 Å². The van der Waals surface area contributed by atoms with Crippen molar-refractivity contribution >= 4 is 17.8 Å². The number of carboxylic acids is 1. The molecule has 1 amide bonds. The summed E-state index contributed by atoms with van der Waals surface area (Å²) in [5, 5.41) is 19.7. The summed E-state index contributed by atoms with van der Waals surface area (Å²) >= 11 is 0. The topological polar surface area (TPSA) is 113 Å². The fraction of sp³-hybridized carbons (Fsp3) is 0.190. The van der Waals surface area contributed by atoms with Gasteiger partial charge in [0.25, 0.3) is 0 Å². The van der Waals surface area contributed by atoms with Crippen molar-refractivity contribution in [3.63, 3.8) is 0 Å². The zero-order chi connectivity index (χ0) is 20.1. The van der Waals surface area contributed by atoms with Crippen molar-refractivity contribution in [3.8, 4) is 11.1 Å². The third-order valence-corrected chi connectivity index (χ3v) is 4.52. The molecule has 3 rings (SSSR count). The van der Waals surface area contributed by atoms with E-state index in [9.17, 15) is 14.4 Å². The number of aliphatic hydroxyl groups is 1. The smallest absolute Gasteiger partial charge is 0.330 e. The van der Waals surface area contributed by atoms with E-state index in [1.54, 1.807) is 0 Å². The molecule has 2 aromatic carbocycles. The minimum Gasteiger partial charge on any atom is -0.480 e. The van der Waals surface area contributed by atoms with Crippen LogP contribution < -0.4 is 5.32 Å². The molecule has 1 atom stereocenters. The van der Waals surface area contributed by atoms with E-state index in [1.165, 1.54) is 0 Å². The molecule has 0 bridgehead atoms. The molecule has 0 fully saturated rings. The standard InChI is InChI=1S/C21H19NO6/c23-11-18(21(26)27)22-19(24)9-10-20(25)28-12-17-15-7-3-1-5-13(15)14-6-2-4-8-16(14)17/h1-10,17-18,23H,11-12H2,(H,22,24)(H,26,27)/t18-/m0/s1. The number of aliphatic hydroxyl groups excluding tert-OH is 1. The summed E-state index contributed by atoms with van der Waals surface area (Å²) in [6.45, 7) is -0.632. The quantitative estimate of drug-likeness (QED) is 0.494. The molecule has 0 radical (unpaired) electrons. The van der Waals surface area contributed by atoms with Crippen LogP contribution in [0.2, 0.25) is 0 Å². The number of ether oxygens (including phenoxy) is 1. The number of carbonyl (C=O) groups excluding carboxylic acids is 2. The number of hydrogen-bond donors (Lipinski definition) is 3. The highest BCUT2D eigenvalue weighted by Crippen LogP contribution is 2.44. The van der Waals surface area contributed by atoms with Crippen molar-refractivity contribution in [3.05, 3.63) is 71.8 Å². The van der Waals surface area contributed by atoms with E-state index >= 15 is 0 Å². The maximum absolute atomic E-state index is 12.0. The molecular formula is C21H19NO6. The Bertz CT molecular complexity index is 890. The second-order valence-corrected chi connectivity index (χ2v) is 6.27. The molecule has 0 aliphatic heterocycles. The third-order valence-electron chi connectivity index (χ3n) is 4.52. The number of benzene rings is 2. The van der Waals surface area contributed by atoms with Gasteiger partial charge in [0.05, 0.1) is 6.61 Å². The summed E-state index contributed by atoms with van der Waals surface area (Å²) in [7, 11) is 0. The van der Waals surface area contributed by atoms with Gasteiger partial charge in [0.2, 0.25) is 5.91 Å². The number of rotatable bonds is 7. The Morgan fingerprint density at radius 2 is 1.57 bits per heavy atom. The molecule has 144 valence electrons. The van der Waals surface area contributed by atoms with Gasteiger partial charge in [-0.3, -0.25) is 4.79 Å². The van der Waals surface area contributed by atoms with Crippen molar-refractivity contribution in [1.29, 1.82) is 0 Å². The number of hydrogen-bond acceptors (Lipinski definition) is 5. The number of carboxylic acid groups (broad SMARTS) is 1. The first kappa shape index (κ1) is 19.3. The molecule has 7 heteroatoms. The van der Waals surface area contributed by atoms with E-state index in [-0.39, 0.29) is 12.5 Å². The first-order chi connectivity index (χ1) is 13.5. The summed E-state index contributed by atoms with van der Waals surface area (Å²) in [6.07, 6.45) is 1.81. The largest absolute Gasteiger partial charge is 0.480 e. The van der Waals surface area contributed by atoms with E-state index in [0.29, 0.717) is 0 Å². The summed E-state index contributed by atoms with van der Waals surface area (Å²) in [6, 6.07) is 14.4. The molecule has 1 aliphatic rings. The number of nitrogens with one attached hydrogen (secondary N) is 1. The van der Waals surface area contributed by atoms with Crippen molar-refractivity contribution in [2.45, 2.75) is 12.0 Å². The van der Waals surface area contributed by atoms with Gasteiger partial charge in [-0.25, -0.2) is 9.59 Å². The van der Waals surface area contributed by atoms with Crippen LogP contribution in [0.1, 0.15) is 17.0 Å². The third kappa shape index (κ3) is 4.10. The van der Waals surface area contributed by atoms with Crippen molar-refractivity contribution < 1.29 is 29.3 Å². The lowest BCUT2D eigenvalue weighted by Crippen LogP contribution is -2.42. The van der Waals surface area contributed by atoms with Gasteiger partial charge in [0, 0.05) is 18.1 Å². The summed E-state index contributed by atoms with van der Waals surface area (Å²) in [5.74, 6) is -2.99. The molecule has 0 spiro atoms.